The fourth-order valence-electron chi connectivity index (χ4n) is 3.49. The quantitative estimate of drug-likeness (QED) is 0.542. The van der Waals surface area contributed by atoms with Crippen molar-refractivity contribution >= 4 is 23.0 Å². The summed E-state index contributed by atoms with van der Waals surface area (Å²) in [6.07, 6.45) is 2.48. The molecule has 1 aliphatic heterocycles. The van der Waals surface area contributed by atoms with Crippen molar-refractivity contribution in [2.45, 2.75) is 25.8 Å². The summed E-state index contributed by atoms with van der Waals surface area (Å²) >= 11 is 1.79. The highest BCUT2D eigenvalue weighted by Gasteiger charge is 2.25. The maximum atomic E-state index is 6.17. The van der Waals surface area contributed by atoms with Crippen LogP contribution in [0.1, 0.15) is 30.7 Å². The van der Waals surface area contributed by atoms with Gasteiger partial charge in [-0.25, -0.2) is 0 Å². The van der Waals surface area contributed by atoms with Crippen LogP contribution in [-0.2, 0) is 0 Å². The van der Waals surface area contributed by atoms with Gasteiger partial charge in [0.05, 0.1) is 26.8 Å². The number of ether oxygens (including phenoxy) is 2. The molecule has 0 saturated carbocycles. The molecule has 1 unspecified atom stereocenters. The smallest absolute Gasteiger partial charge is 0.193 e. The molecule has 0 radical (unpaired) electrons. The van der Waals surface area contributed by atoms with E-state index in [1.54, 1.807) is 25.6 Å². The van der Waals surface area contributed by atoms with Gasteiger partial charge in [-0.1, -0.05) is 13.0 Å². The largest absolute Gasteiger partial charge is 0.493 e. The number of rotatable bonds is 7. The third-order valence-corrected chi connectivity index (χ3v) is 6.19. The molecule has 0 bridgehead atoms. The molecule has 1 aromatic heterocycles. The molecule has 1 aliphatic rings. The minimum Gasteiger partial charge on any atom is -0.493 e. The standard InChI is InChI=1S/C21H30N4O2S/c1-15-8-10-25(11-9-15)17(20-5-4-12-28-20)14-23-21(22)24-16-6-7-18(26-2)19(13-16)27-3/h4-7,12-13,15,17H,8-11,14H2,1-3H3,(H3,22,23,24). The van der Waals surface area contributed by atoms with Gasteiger partial charge in [-0.3, -0.25) is 9.89 Å². The van der Waals surface area contributed by atoms with Crippen molar-refractivity contribution in [3.63, 3.8) is 0 Å². The van der Waals surface area contributed by atoms with Gasteiger partial charge >= 0.3 is 0 Å². The summed E-state index contributed by atoms with van der Waals surface area (Å²) in [6.45, 7) is 5.20. The van der Waals surface area contributed by atoms with Crippen molar-refractivity contribution < 1.29 is 9.47 Å². The summed E-state index contributed by atoms with van der Waals surface area (Å²) in [4.78, 5) is 8.53. The fraction of sp³-hybridized carbons (Fsp3) is 0.476. The van der Waals surface area contributed by atoms with Gasteiger partial charge in [0.15, 0.2) is 17.5 Å². The summed E-state index contributed by atoms with van der Waals surface area (Å²) in [5.41, 5.74) is 6.99. The molecular formula is C21H30N4O2S. The first-order chi connectivity index (χ1) is 13.6. The van der Waals surface area contributed by atoms with Crippen LogP contribution < -0.4 is 20.5 Å². The van der Waals surface area contributed by atoms with E-state index < -0.39 is 0 Å². The summed E-state index contributed by atoms with van der Waals surface area (Å²) in [5.74, 6) is 2.54. The van der Waals surface area contributed by atoms with E-state index in [1.165, 1.54) is 17.7 Å². The number of hydrogen-bond acceptors (Lipinski definition) is 5. The van der Waals surface area contributed by atoms with Crippen molar-refractivity contribution in [3.05, 3.63) is 40.6 Å². The zero-order chi connectivity index (χ0) is 19.9. The highest BCUT2D eigenvalue weighted by atomic mass is 32.1. The van der Waals surface area contributed by atoms with Gasteiger partial charge in [-0.05, 0) is 55.4 Å². The number of anilines is 1. The molecule has 1 saturated heterocycles. The lowest BCUT2D eigenvalue weighted by Gasteiger charge is -2.35. The van der Waals surface area contributed by atoms with Crippen LogP contribution in [0, 0.1) is 5.92 Å². The van der Waals surface area contributed by atoms with Crippen molar-refractivity contribution in [1.82, 2.24) is 4.90 Å². The van der Waals surface area contributed by atoms with Gasteiger partial charge in [-0.2, -0.15) is 0 Å². The first-order valence-corrected chi connectivity index (χ1v) is 10.5. The molecule has 0 amide bonds. The van der Waals surface area contributed by atoms with E-state index in [-0.39, 0.29) is 6.04 Å². The average Bonchev–Trinajstić information content (AvgIpc) is 3.24. The van der Waals surface area contributed by atoms with E-state index in [0.717, 1.165) is 24.7 Å². The average molecular weight is 403 g/mol. The van der Waals surface area contributed by atoms with Gasteiger partial charge in [0, 0.05) is 16.6 Å². The Hall–Kier alpha value is -2.25. The van der Waals surface area contributed by atoms with Crippen molar-refractivity contribution in [3.8, 4) is 11.5 Å². The van der Waals surface area contributed by atoms with E-state index in [2.05, 4.69) is 39.6 Å². The SMILES string of the molecule is COc1ccc(NC(N)=NCC(c2cccs2)N2CCC(C)CC2)cc1OC. The van der Waals surface area contributed by atoms with Gasteiger partial charge < -0.3 is 20.5 Å². The monoisotopic (exact) mass is 402 g/mol. The molecule has 0 aliphatic carbocycles. The van der Waals surface area contributed by atoms with E-state index in [9.17, 15) is 0 Å². The second-order valence-electron chi connectivity index (χ2n) is 7.17. The number of likely N-dealkylation sites (tertiary alicyclic amines) is 1. The molecule has 6 nitrogen and oxygen atoms in total. The van der Waals surface area contributed by atoms with Crippen LogP contribution in [0.4, 0.5) is 5.69 Å². The minimum absolute atomic E-state index is 0.276. The molecule has 7 heteroatoms. The number of piperidine rings is 1. The number of hydrogen-bond donors (Lipinski definition) is 2. The number of nitrogens with two attached hydrogens (primary N) is 1. The minimum atomic E-state index is 0.276. The molecule has 1 atom stereocenters. The molecule has 3 rings (SSSR count). The zero-order valence-corrected chi connectivity index (χ0v) is 17.7. The molecule has 28 heavy (non-hydrogen) atoms. The second-order valence-corrected chi connectivity index (χ2v) is 8.15. The van der Waals surface area contributed by atoms with E-state index >= 15 is 0 Å². The summed E-state index contributed by atoms with van der Waals surface area (Å²) in [7, 11) is 3.23. The van der Waals surface area contributed by atoms with Crippen LogP contribution >= 0.6 is 11.3 Å². The van der Waals surface area contributed by atoms with Gasteiger partial charge in [0.2, 0.25) is 0 Å². The fourth-order valence-corrected chi connectivity index (χ4v) is 4.34. The molecule has 3 N–H and O–H groups in total. The summed E-state index contributed by atoms with van der Waals surface area (Å²) < 4.78 is 10.6. The Morgan fingerprint density at radius 1 is 1.25 bits per heavy atom. The Balaban J connectivity index is 1.68. The highest BCUT2D eigenvalue weighted by Crippen LogP contribution is 2.31. The Morgan fingerprint density at radius 2 is 2.00 bits per heavy atom. The lowest BCUT2D eigenvalue weighted by Crippen LogP contribution is -2.37. The number of benzene rings is 1. The maximum absolute atomic E-state index is 6.17. The van der Waals surface area contributed by atoms with Crippen molar-refractivity contribution in [1.29, 1.82) is 0 Å². The molecule has 0 spiro atoms. The van der Waals surface area contributed by atoms with Crippen LogP contribution in [0.25, 0.3) is 0 Å². The van der Waals surface area contributed by atoms with Gasteiger partial charge in [-0.15, -0.1) is 11.3 Å². The van der Waals surface area contributed by atoms with E-state index in [1.807, 2.05) is 18.2 Å². The number of nitrogens with one attached hydrogen (secondary N) is 1. The number of guanidine groups is 1. The molecule has 1 fully saturated rings. The molecule has 2 aromatic rings. The van der Waals surface area contributed by atoms with Crippen LogP contribution in [0.2, 0.25) is 0 Å². The lowest BCUT2D eigenvalue weighted by atomic mass is 9.97. The molecular weight excluding hydrogens is 372 g/mol. The number of thiophene rings is 1. The van der Waals surface area contributed by atoms with Crippen LogP contribution in [0.5, 0.6) is 11.5 Å². The van der Waals surface area contributed by atoms with Crippen LogP contribution in [-0.4, -0.2) is 44.7 Å². The normalized spacial score (nSPS) is 17.3. The summed E-state index contributed by atoms with van der Waals surface area (Å²) in [5, 5.41) is 5.28. The lowest BCUT2D eigenvalue weighted by molar-refractivity contribution is 0.143. The van der Waals surface area contributed by atoms with Crippen molar-refractivity contribution in [2.75, 3.05) is 39.2 Å². The molecule has 2 heterocycles. The Kier molecular flexibility index (Phi) is 7.17. The first-order valence-electron chi connectivity index (χ1n) is 9.67. The summed E-state index contributed by atoms with van der Waals surface area (Å²) in [6, 6.07) is 10.2. The topological polar surface area (TPSA) is 72.1 Å². The number of methoxy groups -OCH3 is 2. The Bertz CT molecular complexity index is 771. The Morgan fingerprint density at radius 3 is 2.64 bits per heavy atom. The molecule has 1 aromatic carbocycles. The number of nitrogens with zero attached hydrogens (tertiary/aromatic N) is 2. The second kappa shape index (κ2) is 9.80. The molecule has 152 valence electrons. The van der Waals surface area contributed by atoms with Gasteiger partial charge in [0.25, 0.3) is 0 Å². The highest BCUT2D eigenvalue weighted by molar-refractivity contribution is 7.10. The first kappa shape index (κ1) is 20.5. The number of aliphatic imine (C=N–C) groups is 1. The predicted molar refractivity (Wildman–Crippen MR) is 117 cm³/mol. The van der Waals surface area contributed by atoms with E-state index in [4.69, 9.17) is 15.2 Å². The van der Waals surface area contributed by atoms with Crippen molar-refractivity contribution in [2.24, 2.45) is 16.6 Å². The Labute approximate surface area is 171 Å². The van der Waals surface area contributed by atoms with Crippen LogP contribution in [0.3, 0.4) is 0 Å². The van der Waals surface area contributed by atoms with Crippen LogP contribution in [0.15, 0.2) is 40.7 Å². The predicted octanol–water partition coefficient (Wildman–Crippen LogP) is 3.97. The van der Waals surface area contributed by atoms with Gasteiger partial charge in [0.1, 0.15) is 0 Å². The maximum Gasteiger partial charge on any atom is 0.193 e. The van der Waals surface area contributed by atoms with E-state index in [0.29, 0.717) is 24.0 Å². The third-order valence-electron chi connectivity index (χ3n) is 5.22. The zero-order valence-electron chi connectivity index (χ0n) is 16.9. The third kappa shape index (κ3) is 5.17.